The minimum absolute atomic E-state index is 0.123. The molecule has 0 bridgehead atoms. The van der Waals surface area contributed by atoms with Gasteiger partial charge in [0.25, 0.3) is 0 Å². The van der Waals surface area contributed by atoms with Crippen LogP contribution >= 0.6 is 11.6 Å². The van der Waals surface area contributed by atoms with Gasteiger partial charge in [0.2, 0.25) is 5.91 Å². The number of nitrogens with two attached hydrogens (primary N) is 1. The molecular weight excluding hydrogens is 272 g/mol. The van der Waals surface area contributed by atoms with E-state index >= 15 is 0 Å². The molecule has 18 heavy (non-hydrogen) atoms. The Labute approximate surface area is 114 Å². The summed E-state index contributed by atoms with van der Waals surface area (Å²) >= 11 is 5.81. The van der Waals surface area contributed by atoms with Crippen LogP contribution in [-0.4, -0.2) is 21.4 Å². The number of rotatable bonds is 3. The molecule has 3 N–H and O–H groups in total. The molecule has 0 aromatic heterocycles. The van der Waals surface area contributed by atoms with Gasteiger partial charge in [-0.05, 0) is 39.0 Å². The topological polar surface area (TPSA) is 72.2 Å². The van der Waals surface area contributed by atoms with Crippen LogP contribution in [0.1, 0.15) is 20.8 Å². The second kappa shape index (κ2) is 5.71. The van der Waals surface area contributed by atoms with E-state index in [1.807, 2.05) is 20.8 Å². The highest BCUT2D eigenvalue weighted by Crippen LogP contribution is 2.21. The standard InChI is InChI=1S/C12H17ClN2O2S/c1-12(2,3)15-11(16)7-18(17)10-6-8(13)4-5-9(10)14/h4-6H,7,14H2,1-3H3,(H,15,16). The smallest absolute Gasteiger partial charge is 0.233 e. The van der Waals surface area contributed by atoms with Crippen LogP contribution in [0.2, 0.25) is 5.02 Å². The molecule has 0 aliphatic carbocycles. The van der Waals surface area contributed by atoms with Crippen molar-refractivity contribution in [2.75, 3.05) is 11.5 Å². The van der Waals surface area contributed by atoms with Gasteiger partial charge in [-0.25, -0.2) is 0 Å². The van der Waals surface area contributed by atoms with E-state index < -0.39 is 10.8 Å². The molecule has 4 nitrogen and oxygen atoms in total. The van der Waals surface area contributed by atoms with Crippen LogP contribution in [0, 0.1) is 0 Å². The number of halogens is 1. The Kier molecular flexibility index (Phi) is 4.76. The zero-order valence-corrected chi connectivity index (χ0v) is 12.2. The van der Waals surface area contributed by atoms with Gasteiger partial charge in [-0.1, -0.05) is 11.6 Å². The molecule has 0 radical (unpaired) electrons. The summed E-state index contributed by atoms with van der Waals surface area (Å²) in [5.41, 5.74) is 5.74. The highest BCUT2D eigenvalue weighted by atomic mass is 35.5. The molecule has 6 heteroatoms. The third-order valence-electron chi connectivity index (χ3n) is 2.00. The Balaban J connectivity index is 2.77. The third kappa shape index (κ3) is 4.66. The minimum atomic E-state index is -1.49. The molecule has 100 valence electrons. The SMILES string of the molecule is CC(C)(C)NC(=O)CS(=O)c1cc(Cl)ccc1N. The Morgan fingerprint density at radius 3 is 2.61 bits per heavy atom. The predicted octanol–water partition coefficient (Wildman–Crippen LogP) is 1.94. The van der Waals surface area contributed by atoms with E-state index in [1.165, 1.54) is 6.07 Å². The van der Waals surface area contributed by atoms with Crippen LogP contribution < -0.4 is 11.1 Å². The maximum atomic E-state index is 12.0. The van der Waals surface area contributed by atoms with Crippen molar-refractivity contribution in [3.05, 3.63) is 23.2 Å². The van der Waals surface area contributed by atoms with Crippen LogP contribution in [0.5, 0.6) is 0 Å². The second-order valence-electron chi connectivity index (χ2n) is 4.97. The fraction of sp³-hybridized carbons (Fsp3) is 0.417. The van der Waals surface area contributed by atoms with Crippen LogP contribution in [0.4, 0.5) is 5.69 Å². The van der Waals surface area contributed by atoms with Crippen LogP contribution in [0.15, 0.2) is 23.1 Å². The van der Waals surface area contributed by atoms with E-state index in [0.717, 1.165) is 0 Å². The summed E-state index contributed by atoms with van der Waals surface area (Å²) < 4.78 is 12.0. The third-order valence-corrected chi connectivity index (χ3v) is 3.60. The molecule has 0 heterocycles. The van der Waals surface area contributed by atoms with Gasteiger partial charge in [-0.2, -0.15) is 0 Å². The largest absolute Gasteiger partial charge is 0.398 e. The average molecular weight is 289 g/mol. The lowest BCUT2D eigenvalue weighted by Gasteiger charge is -2.20. The molecular formula is C12H17ClN2O2S. The average Bonchev–Trinajstić information content (AvgIpc) is 2.18. The molecule has 0 fully saturated rings. The van der Waals surface area contributed by atoms with E-state index in [1.54, 1.807) is 12.1 Å². The highest BCUT2D eigenvalue weighted by Gasteiger charge is 2.18. The molecule has 0 aliphatic rings. The zero-order chi connectivity index (χ0) is 13.9. The van der Waals surface area contributed by atoms with Crippen molar-refractivity contribution >= 4 is 34.0 Å². The van der Waals surface area contributed by atoms with Crippen molar-refractivity contribution in [2.45, 2.75) is 31.2 Å². The number of amides is 1. The summed E-state index contributed by atoms with van der Waals surface area (Å²) in [5, 5.41) is 3.20. The Hall–Kier alpha value is -1.07. The predicted molar refractivity (Wildman–Crippen MR) is 75.0 cm³/mol. The number of carbonyl (C=O) groups is 1. The molecule has 1 aromatic carbocycles. The number of hydrogen-bond donors (Lipinski definition) is 2. The summed E-state index contributed by atoms with van der Waals surface area (Å²) in [7, 11) is -1.49. The first-order valence-corrected chi connectivity index (χ1v) is 7.13. The molecule has 1 rings (SSSR count). The maximum Gasteiger partial charge on any atom is 0.233 e. The molecule has 0 spiro atoms. The fourth-order valence-corrected chi connectivity index (χ4v) is 2.65. The summed E-state index contributed by atoms with van der Waals surface area (Å²) in [6, 6.07) is 4.72. The number of hydrogen-bond acceptors (Lipinski definition) is 3. The van der Waals surface area contributed by atoms with E-state index in [2.05, 4.69) is 5.32 Å². The second-order valence-corrected chi connectivity index (χ2v) is 6.83. The number of anilines is 1. The quantitative estimate of drug-likeness (QED) is 0.835. The fourth-order valence-electron chi connectivity index (χ4n) is 1.36. The molecule has 1 unspecified atom stereocenters. The van der Waals surface area contributed by atoms with Gasteiger partial charge in [0.15, 0.2) is 0 Å². The number of benzene rings is 1. The first-order chi connectivity index (χ1) is 8.19. The van der Waals surface area contributed by atoms with Crippen molar-refractivity contribution in [2.24, 2.45) is 0 Å². The molecule has 1 amide bonds. The van der Waals surface area contributed by atoms with Gasteiger partial charge in [0.05, 0.1) is 15.7 Å². The summed E-state index contributed by atoms with van der Waals surface area (Å²) in [4.78, 5) is 12.1. The van der Waals surface area contributed by atoms with Crippen molar-refractivity contribution < 1.29 is 9.00 Å². The lowest BCUT2D eigenvalue weighted by atomic mass is 10.1. The summed E-state index contributed by atoms with van der Waals surface area (Å²) in [6.45, 7) is 5.59. The lowest BCUT2D eigenvalue weighted by Crippen LogP contribution is -2.42. The number of carbonyl (C=O) groups excluding carboxylic acids is 1. The maximum absolute atomic E-state index is 12.0. The van der Waals surface area contributed by atoms with Gasteiger partial charge < -0.3 is 11.1 Å². The van der Waals surface area contributed by atoms with E-state index in [9.17, 15) is 9.00 Å². The molecule has 1 aromatic rings. The van der Waals surface area contributed by atoms with Gasteiger partial charge in [-0.15, -0.1) is 0 Å². The number of nitrogens with one attached hydrogen (secondary N) is 1. The van der Waals surface area contributed by atoms with Gasteiger partial charge in [0, 0.05) is 16.2 Å². The van der Waals surface area contributed by atoms with E-state index in [0.29, 0.717) is 15.6 Å². The van der Waals surface area contributed by atoms with Crippen molar-refractivity contribution in [1.29, 1.82) is 0 Å². The monoisotopic (exact) mass is 288 g/mol. The molecule has 0 saturated heterocycles. The van der Waals surface area contributed by atoms with E-state index in [4.69, 9.17) is 17.3 Å². The minimum Gasteiger partial charge on any atom is -0.398 e. The Morgan fingerprint density at radius 2 is 2.06 bits per heavy atom. The van der Waals surface area contributed by atoms with Crippen molar-refractivity contribution in [3.8, 4) is 0 Å². The molecule has 0 saturated carbocycles. The highest BCUT2D eigenvalue weighted by molar-refractivity contribution is 7.86. The summed E-state index contributed by atoms with van der Waals surface area (Å²) in [5.74, 6) is -0.401. The molecule has 0 aliphatic heterocycles. The lowest BCUT2D eigenvalue weighted by molar-refractivity contribution is -0.119. The van der Waals surface area contributed by atoms with Gasteiger partial charge in [0.1, 0.15) is 5.75 Å². The van der Waals surface area contributed by atoms with Crippen LogP contribution in [0.25, 0.3) is 0 Å². The van der Waals surface area contributed by atoms with E-state index in [-0.39, 0.29) is 17.2 Å². The van der Waals surface area contributed by atoms with Gasteiger partial charge in [-0.3, -0.25) is 9.00 Å². The zero-order valence-electron chi connectivity index (χ0n) is 10.6. The van der Waals surface area contributed by atoms with Gasteiger partial charge >= 0.3 is 0 Å². The van der Waals surface area contributed by atoms with Crippen molar-refractivity contribution in [1.82, 2.24) is 5.32 Å². The first kappa shape index (κ1) is 15.0. The first-order valence-electron chi connectivity index (χ1n) is 5.43. The molecule has 1 atom stereocenters. The summed E-state index contributed by atoms with van der Waals surface area (Å²) in [6.07, 6.45) is 0. The Bertz CT molecular complexity index is 483. The van der Waals surface area contributed by atoms with Crippen LogP contribution in [-0.2, 0) is 15.6 Å². The van der Waals surface area contributed by atoms with Crippen molar-refractivity contribution in [3.63, 3.8) is 0 Å². The van der Waals surface area contributed by atoms with Crippen LogP contribution in [0.3, 0.4) is 0 Å². The Morgan fingerprint density at radius 1 is 1.44 bits per heavy atom. The normalized spacial score (nSPS) is 13.1. The number of nitrogen functional groups attached to an aromatic ring is 1.